The summed E-state index contributed by atoms with van der Waals surface area (Å²) in [6.45, 7) is 7.66. The zero-order valence-electron chi connectivity index (χ0n) is 11.1. The largest absolute Gasteiger partial charge is 0.415 e. The number of ether oxygens (including phenoxy) is 1. The van der Waals surface area contributed by atoms with Crippen LogP contribution in [0.2, 0.25) is 0 Å². The molecule has 1 fully saturated rings. The maximum atomic E-state index is 12.2. The number of amides is 1. The molecule has 1 aromatic carbocycles. The van der Waals surface area contributed by atoms with Crippen molar-refractivity contribution in [3.8, 4) is 5.75 Å². The number of para-hydroxylation sites is 1. The molecule has 1 aliphatic heterocycles. The van der Waals surface area contributed by atoms with Crippen molar-refractivity contribution in [3.05, 3.63) is 30.3 Å². The SMILES string of the molecule is CC1NCCN(C(=O)Oc2ccccc2)C1(C)C. The van der Waals surface area contributed by atoms with Crippen LogP contribution in [0.15, 0.2) is 30.3 Å². The van der Waals surface area contributed by atoms with Crippen LogP contribution in [-0.4, -0.2) is 35.7 Å². The van der Waals surface area contributed by atoms with Crippen LogP contribution >= 0.6 is 0 Å². The van der Waals surface area contributed by atoms with Crippen molar-refractivity contribution in [2.75, 3.05) is 13.1 Å². The summed E-state index contributed by atoms with van der Waals surface area (Å²) in [4.78, 5) is 14.0. The van der Waals surface area contributed by atoms with Crippen LogP contribution in [0, 0.1) is 0 Å². The third-order valence-corrected chi connectivity index (χ3v) is 3.71. The molecule has 1 unspecified atom stereocenters. The monoisotopic (exact) mass is 248 g/mol. The van der Waals surface area contributed by atoms with Gasteiger partial charge in [0.15, 0.2) is 0 Å². The summed E-state index contributed by atoms with van der Waals surface area (Å²) in [5.41, 5.74) is -0.246. The van der Waals surface area contributed by atoms with Crippen molar-refractivity contribution in [2.24, 2.45) is 0 Å². The number of benzene rings is 1. The third kappa shape index (κ3) is 2.48. The van der Waals surface area contributed by atoms with Gasteiger partial charge in [-0.1, -0.05) is 18.2 Å². The lowest BCUT2D eigenvalue weighted by molar-refractivity contribution is 0.0578. The first-order valence-electron chi connectivity index (χ1n) is 6.29. The van der Waals surface area contributed by atoms with Gasteiger partial charge in [0, 0.05) is 19.1 Å². The molecular weight excluding hydrogens is 228 g/mol. The van der Waals surface area contributed by atoms with E-state index in [4.69, 9.17) is 4.74 Å². The molecule has 18 heavy (non-hydrogen) atoms. The highest BCUT2D eigenvalue weighted by Gasteiger charge is 2.39. The molecule has 1 amide bonds. The molecule has 0 radical (unpaired) electrons. The standard InChI is InChI=1S/C14H20N2O2/c1-11-14(2,3)16(10-9-15-11)13(17)18-12-7-5-4-6-8-12/h4-8,11,15H,9-10H2,1-3H3. The normalized spacial score (nSPS) is 22.6. The molecule has 0 aliphatic carbocycles. The van der Waals surface area contributed by atoms with Gasteiger partial charge < -0.3 is 10.1 Å². The number of rotatable bonds is 1. The van der Waals surface area contributed by atoms with E-state index < -0.39 is 0 Å². The van der Waals surface area contributed by atoms with Crippen molar-refractivity contribution in [1.29, 1.82) is 0 Å². The van der Waals surface area contributed by atoms with Crippen molar-refractivity contribution < 1.29 is 9.53 Å². The van der Waals surface area contributed by atoms with Crippen molar-refractivity contribution in [3.63, 3.8) is 0 Å². The van der Waals surface area contributed by atoms with Crippen molar-refractivity contribution in [2.45, 2.75) is 32.4 Å². The zero-order valence-corrected chi connectivity index (χ0v) is 11.1. The summed E-state index contributed by atoms with van der Waals surface area (Å²) in [5, 5.41) is 3.37. The highest BCUT2D eigenvalue weighted by molar-refractivity contribution is 5.72. The number of carbonyl (C=O) groups excluding carboxylic acids is 1. The van der Waals surface area contributed by atoms with E-state index in [1.807, 2.05) is 18.2 Å². The van der Waals surface area contributed by atoms with Gasteiger partial charge in [-0.2, -0.15) is 0 Å². The molecule has 1 aromatic rings. The molecule has 1 aliphatic rings. The molecule has 1 saturated heterocycles. The second-order valence-corrected chi connectivity index (χ2v) is 5.16. The zero-order chi connectivity index (χ0) is 13.2. The molecule has 98 valence electrons. The Morgan fingerprint density at radius 1 is 1.39 bits per heavy atom. The first-order valence-corrected chi connectivity index (χ1v) is 6.29. The second-order valence-electron chi connectivity index (χ2n) is 5.16. The fraction of sp³-hybridized carbons (Fsp3) is 0.500. The second kappa shape index (κ2) is 4.98. The van der Waals surface area contributed by atoms with E-state index in [1.165, 1.54) is 0 Å². The molecule has 0 saturated carbocycles. The van der Waals surface area contributed by atoms with Crippen LogP contribution in [0.5, 0.6) is 5.75 Å². The van der Waals surface area contributed by atoms with Gasteiger partial charge in [0.1, 0.15) is 5.75 Å². The summed E-state index contributed by atoms with van der Waals surface area (Å²) < 4.78 is 5.40. The number of nitrogens with zero attached hydrogens (tertiary/aromatic N) is 1. The summed E-state index contributed by atoms with van der Waals surface area (Å²) in [6.07, 6.45) is -0.278. The van der Waals surface area contributed by atoms with Crippen LogP contribution < -0.4 is 10.1 Å². The molecule has 1 heterocycles. The lowest BCUT2D eigenvalue weighted by atomic mass is 9.92. The highest BCUT2D eigenvalue weighted by atomic mass is 16.6. The van der Waals surface area contributed by atoms with Gasteiger partial charge in [0.05, 0.1) is 5.54 Å². The molecule has 1 atom stereocenters. The van der Waals surface area contributed by atoms with Gasteiger partial charge in [0.2, 0.25) is 0 Å². The molecule has 0 spiro atoms. The summed E-state index contributed by atoms with van der Waals surface area (Å²) in [5.74, 6) is 0.587. The Kier molecular flexibility index (Phi) is 3.57. The predicted molar refractivity (Wildman–Crippen MR) is 70.7 cm³/mol. The Balaban J connectivity index is 2.09. The van der Waals surface area contributed by atoms with Gasteiger partial charge in [-0.3, -0.25) is 4.90 Å². The van der Waals surface area contributed by atoms with Crippen molar-refractivity contribution >= 4 is 6.09 Å². The summed E-state index contributed by atoms with van der Waals surface area (Å²) >= 11 is 0. The molecule has 0 bridgehead atoms. The fourth-order valence-corrected chi connectivity index (χ4v) is 2.14. The van der Waals surface area contributed by atoms with E-state index in [9.17, 15) is 4.79 Å². The van der Waals surface area contributed by atoms with E-state index in [-0.39, 0.29) is 17.7 Å². The Labute approximate surface area is 108 Å². The minimum absolute atomic E-state index is 0.245. The Hall–Kier alpha value is -1.55. The molecular formula is C14H20N2O2. The number of nitrogens with one attached hydrogen (secondary N) is 1. The Morgan fingerprint density at radius 2 is 2.06 bits per heavy atom. The fourth-order valence-electron chi connectivity index (χ4n) is 2.14. The maximum Gasteiger partial charge on any atom is 0.415 e. The first-order chi connectivity index (χ1) is 8.51. The topological polar surface area (TPSA) is 41.6 Å². The molecule has 1 N–H and O–H groups in total. The quantitative estimate of drug-likeness (QED) is 0.829. The molecule has 0 aromatic heterocycles. The van der Waals surface area contributed by atoms with Crippen LogP contribution in [0.1, 0.15) is 20.8 Å². The van der Waals surface area contributed by atoms with Gasteiger partial charge in [-0.15, -0.1) is 0 Å². The lowest BCUT2D eigenvalue weighted by Gasteiger charge is -2.46. The van der Waals surface area contributed by atoms with Gasteiger partial charge in [-0.05, 0) is 32.9 Å². The van der Waals surface area contributed by atoms with E-state index >= 15 is 0 Å². The van der Waals surface area contributed by atoms with Gasteiger partial charge in [0.25, 0.3) is 0 Å². The van der Waals surface area contributed by atoms with Crippen LogP contribution in [0.4, 0.5) is 4.79 Å². The molecule has 2 rings (SSSR count). The first kappa shape index (κ1) is 12.9. The predicted octanol–water partition coefficient (Wildman–Crippen LogP) is 2.26. The maximum absolute atomic E-state index is 12.2. The van der Waals surface area contributed by atoms with E-state index in [0.29, 0.717) is 12.3 Å². The summed E-state index contributed by atoms with van der Waals surface area (Å²) in [6, 6.07) is 9.43. The minimum Gasteiger partial charge on any atom is -0.410 e. The molecule has 4 heteroatoms. The van der Waals surface area contributed by atoms with Crippen LogP contribution in [0.3, 0.4) is 0 Å². The Bertz CT molecular complexity index is 417. The van der Waals surface area contributed by atoms with Crippen LogP contribution in [0.25, 0.3) is 0 Å². The van der Waals surface area contributed by atoms with Crippen LogP contribution in [-0.2, 0) is 0 Å². The van der Waals surface area contributed by atoms with E-state index in [2.05, 4.69) is 26.1 Å². The number of hydrogen-bond acceptors (Lipinski definition) is 3. The van der Waals surface area contributed by atoms with E-state index in [1.54, 1.807) is 17.0 Å². The summed E-state index contributed by atoms with van der Waals surface area (Å²) in [7, 11) is 0. The highest BCUT2D eigenvalue weighted by Crippen LogP contribution is 2.23. The lowest BCUT2D eigenvalue weighted by Crippen LogP contribution is -2.65. The average Bonchev–Trinajstić information content (AvgIpc) is 2.33. The Morgan fingerprint density at radius 3 is 2.72 bits per heavy atom. The van der Waals surface area contributed by atoms with Crippen molar-refractivity contribution in [1.82, 2.24) is 10.2 Å². The van der Waals surface area contributed by atoms with Gasteiger partial charge in [-0.25, -0.2) is 4.79 Å². The van der Waals surface area contributed by atoms with Gasteiger partial charge >= 0.3 is 6.09 Å². The smallest absolute Gasteiger partial charge is 0.410 e. The number of carbonyl (C=O) groups is 1. The average molecular weight is 248 g/mol. The number of hydrogen-bond donors (Lipinski definition) is 1. The third-order valence-electron chi connectivity index (χ3n) is 3.71. The van der Waals surface area contributed by atoms with E-state index in [0.717, 1.165) is 6.54 Å². The molecule has 4 nitrogen and oxygen atoms in total. The number of piperazine rings is 1. The minimum atomic E-state index is -0.278.